The van der Waals surface area contributed by atoms with Crippen LogP contribution in [0.15, 0.2) is 64.9 Å². The minimum Gasteiger partial charge on any atom is -0.457 e. The van der Waals surface area contributed by atoms with Crippen LogP contribution in [0.4, 0.5) is 0 Å². The molecule has 0 fully saturated rings. The molecule has 0 atom stereocenters. The first kappa shape index (κ1) is 16.9. The highest BCUT2D eigenvalue weighted by atomic mass is 16.6. The van der Waals surface area contributed by atoms with Crippen LogP contribution in [0.1, 0.15) is 34.1 Å². The molecule has 0 aromatic heterocycles. The van der Waals surface area contributed by atoms with Gasteiger partial charge in [0.05, 0.1) is 0 Å². The van der Waals surface area contributed by atoms with Crippen LogP contribution in [0.2, 0.25) is 0 Å². The number of carbonyl (C=O) groups excluding carboxylic acids is 1. The number of aliphatic imine (C=N–C) groups is 1. The molecule has 1 heterocycles. The molecule has 0 radical (unpaired) electrons. The standard InChI is InChI=1S/C18H23NO2/c1-6-14(2)7-10-16-11-8-15(13-19-16)9-12-17(20)21-18(3,4)5/h6-10,12-13H,1,11H2,2-5H3/b12-9+,14-7-,16-10+. The van der Waals surface area contributed by atoms with E-state index in [1.54, 1.807) is 18.4 Å². The highest BCUT2D eigenvalue weighted by Gasteiger charge is 2.13. The Kier molecular flexibility index (Phi) is 6.10. The van der Waals surface area contributed by atoms with Crippen molar-refractivity contribution in [3.8, 4) is 0 Å². The summed E-state index contributed by atoms with van der Waals surface area (Å²) >= 11 is 0. The smallest absolute Gasteiger partial charge is 0.331 e. The molecule has 0 bridgehead atoms. The van der Waals surface area contributed by atoms with Crippen molar-refractivity contribution in [2.75, 3.05) is 0 Å². The van der Waals surface area contributed by atoms with E-state index >= 15 is 0 Å². The zero-order chi connectivity index (χ0) is 15.9. The Balaban J connectivity index is 2.59. The Bertz CT molecular complexity index is 552. The minimum absolute atomic E-state index is 0.345. The van der Waals surface area contributed by atoms with Gasteiger partial charge in [-0.2, -0.15) is 0 Å². The second kappa shape index (κ2) is 7.58. The Morgan fingerprint density at radius 2 is 2.14 bits per heavy atom. The molecular formula is C18H23NO2. The van der Waals surface area contributed by atoms with Crippen molar-refractivity contribution in [2.45, 2.75) is 39.7 Å². The largest absolute Gasteiger partial charge is 0.457 e. The lowest BCUT2D eigenvalue weighted by molar-refractivity contribution is -0.148. The summed E-state index contributed by atoms with van der Waals surface area (Å²) in [7, 11) is 0. The third kappa shape index (κ3) is 7.25. The van der Waals surface area contributed by atoms with E-state index < -0.39 is 5.60 Å². The molecular weight excluding hydrogens is 262 g/mol. The molecule has 0 N–H and O–H groups in total. The van der Waals surface area contributed by atoms with Crippen molar-refractivity contribution in [1.29, 1.82) is 0 Å². The Morgan fingerprint density at radius 1 is 1.43 bits per heavy atom. The number of allylic oxidation sites excluding steroid dienone is 7. The molecule has 1 aliphatic heterocycles. The fourth-order valence-electron chi connectivity index (χ4n) is 1.50. The van der Waals surface area contributed by atoms with Crippen molar-refractivity contribution in [3.05, 3.63) is 59.9 Å². The minimum atomic E-state index is -0.471. The molecule has 0 aliphatic carbocycles. The summed E-state index contributed by atoms with van der Waals surface area (Å²) in [4.78, 5) is 15.9. The number of hydrogen-bond acceptors (Lipinski definition) is 3. The first-order chi connectivity index (χ1) is 9.80. The molecule has 3 nitrogen and oxygen atoms in total. The van der Waals surface area contributed by atoms with Crippen molar-refractivity contribution in [3.63, 3.8) is 0 Å². The van der Waals surface area contributed by atoms with Crippen molar-refractivity contribution < 1.29 is 9.53 Å². The second-order valence-electron chi connectivity index (χ2n) is 5.81. The summed E-state index contributed by atoms with van der Waals surface area (Å²) in [5.74, 6) is -0.345. The molecule has 0 amide bonds. The van der Waals surface area contributed by atoms with Gasteiger partial charge in [-0.1, -0.05) is 30.4 Å². The van der Waals surface area contributed by atoms with E-state index in [-0.39, 0.29) is 5.97 Å². The topological polar surface area (TPSA) is 38.7 Å². The van der Waals surface area contributed by atoms with E-state index in [1.807, 2.05) is 45.9 Å². The summed E-state index contributed by atoms with van der Waals surface area (Å²) in [5, 5.41) is 0. The maximum absolute atomic E-state index is 11.6. The highest BCUT2D eigenvalue weighted by Crippen LogP contribution is 2.14. The average Bonchev–Trinajstić information content (AvgIpc) is 2.41. The number of rotatable bonds is 4. The van der Waals surface area contributed by atoms with E-state index in [0.717, 1.165) is 23.3 Å². The Labute approximate surface area is 127 Å². The molecule has 0 saturated heterocycles. The van der Waals surface area contributed by atoms with Crippen LogP contribution < -0.4 is 0 Å². The fourth-order valence-corrected chi connectivity index (χ4v) is 1.50. The zero-order valence-electron chi connectivity index (χ0n) is 13.2. The Hall–Kier alpha value is -2.16. The number of dihydropyridines is 1. The van der Waals surface area contributed by atoms with E-state index in [4.69, 9.17) is 4.74 Å². The van der Waals surface area contributed by atoms with Gasteiger partial charge in [0.1, 0.15) is 5.60 Å². The maximum atomic E-state index is 11.6. The van der Waals surface area contributed by atoms with Gasteiger partial charge in [0, 0.05) is 24.4 Å². The van der Waals surface area contributed by atoms with Gasteiger partial charge in [-0.3, -0.25) is 4.99 Å². The molecule has 0 unspecified atom stereocenters. The molecule has 1 aliphatic rings. The van der Waals surface area contributed by atoms with Gasteiger partial charge >= 0.3 is 5.97 Å². The molecule has 0 aromatic carbocycles. The summed E-state index contributed by atoms with van der Waals surface area (Å²) in [6, 6.07) is 0. The molecule has 0 spiro atoms. The third-order valence-electron chi connectivity index (χ3n) is 2.61. The Morgan fingerprint density at radius 3 is 2.67 bits per heavy atom. The van der Waals surface area contributed by atoms with Crippen LogP contribution in [0.5, 0.6) is 0 Å². The number of esters is 1. The summed E-state index contributed by atoms with van der Waals surface area (Å²) < 4.78 is 5.20. The van der Waals surface area contributed by atoms with Crippen molar-refractivity contribution >= 4 is 12.2 Å². The average molecular weight is 285 g/mol. The van der Waals surface area contributed by atoms with Gasteiger partial charge in [0.15, 0.2) is 0 Å². The molecule has 0 aromatic rings. The monoisotopic (exact) mass is 285 g/mol. The zero-order valence-corrected chi connectivity index (χ0v) is 13.2. The van der Waals surface area contributed by atoms with Gasteiger partial charge < -0.3 is 4.74 Å². The predicted molar refractivity (Wildman–Crippen MR) is 88.2 cm³/mol. The van der Waals surface area contributed by atoms with Crippen molar-refractivity contribution in [1.82, 2.24) is 0 Å². The summed E-state index contributed by atoms with van der Waals surface area (Å²) in [6.07, 6.45) is 13.4. The van der Waals surface area contributed by atoms with Gasteiger partial charge in [-0.15, -0.1) is 0 Å². The first-order valence-corrected chi connectivity index (χ1v) is 6.95. The number of nitrogens with zero attached hydrogens (tertiary/aromatic N) is 1. The van der Waals surface area contributed by atoms with Crippen LogP contribution in [-0.4, -0.2) is 17.8 Å². The van der Waals surface area contributed by atoms with Crippen LogP contribution in [0, 0.1) is 0 Å². The van der Waals surface area contributed by atoms with Gasteiger partial charge in [0.25, 0.3) is 0 Å². The first-order valence-electron chi connectivity index (χ1n) is 6.95. The number of hydrogen-bond donors (Lipinski definition) is 0. The number of carbonyl (C=O) groups is 1. The van der Waals surface area contributed by atoms with Gasteiger partial charge in [-0.25, -0.2) is 4.79 Å². The summed E-state index contributed by atoms with van der Waals surface area (Å²) in [6.45, 7) is 11.2. The lowest BCUT2D eigenvalue weighted by atomic mass is 10.1. The SMILES string of the molecule is C=C/C(C)=C\C=C1/CC=C(/C=C/C(=O)OC(C)(C)C)C=N1. The normalized spacial score (nSPS) is 18.0. The van der Waals surface area contributed by atoms with Crippen LogP contribution in [-0.2, 0) is 9.53 Å². The number of ether oxygens (including phenoxy) is 1. The summed E-state index contributed by atoms with van der Waals surface area (Å²) in [5.41, 5.74) is 2.51. The fraction of sp³-hybridized carbons (Fsp3) is 0.333. The van der Waals surface area contributed by atoms with Crippen molar-refractivity contribution in [2.24, 2.45) is 4.99 Å². The molecule has 1 rings (SSSR count). The third-order valence-corrected chi connectivity index (χ3v) is 2.61. The van der Waals surface area contributed by atoms with E-state index in [9.17, 15) is 4.79 Å². The van der Waals surface area contributed by atoms with Crippen LogP contribution >= 0.6 is 0 Å². The van der Waals surface area contributed by atoms with Crippen LogP contribution in [0.25, 0.3) is 0 Å². The quantitative estimate of drug-likeness (QED) is 0.439. The molecule has 21 heavy (non-hydrogen) atoms. The molecule has 112 valence electrons. The predicted octanol–water partition coefficient (Wildman–Crippen LogP) is 4.30. The van der Waals surface area contributed by atoms with Gasteiger partial charge in [-0.05, 0) is 45.4 Å². The lowest BCUT2D eigenvalue weighted by Crippen LogP contribution is -2.22. The van der Waals surface area contributed by atoms with E-state index in [2.05, 4.69) is 11.6 Å². The van der Waals surface area contributed by atoms with Gasteiger partial charge in [0.2, 0.25) is 0 Å². The van der Waals surface area contributed by atoms with E-state index in [0.29, 0.717) is 0 Å². The van der Waals surface area contributed by atoms with E-state index in [1.165, 1.54) is 6.08 Å². The molecule has 0 saturated carbocycles. The highest BCUT2D eigenvalue weighted by molar-refractivity contribution is 5.89. The molecule has 3 heteroatoms. The lowest BCUT2D eigenvalue weighted by Gasteiger charge is -2.17. The van der Waals surface area contributed by atoms with Crippen LogP contribution in [0.3, 0.4) is 0 Å². The maximum Gasteiger partial charge on any atom is 0.331 e. The second-order valence-corrected chi connectivity index (χ2v) is 5.81.